The van der Waals surface area contributed by atoms with E-state index in [2.05, 4.69) is 18.8 Å². The Morgan fingerprint density at radius 2 is 2.05 bits per heavy atom. The van der Waals surface area contributed by atoms with Gasteiger partial charge >= 0.3 is 0 Å². The summed E-state index contributed by atoms with van der Waals surface area (Å²) in [6, 6.07) is 7.96. The van der Waals surface area contributed by atoms with Crippen molar-refractivity contribution in [2.24, 2.45) is 0 Å². The summed E-state index contributed by atoms with van der Waals surface area (Å²) in [6.07, 6.45) is -0.153. The summed E-state index contributed by atoms with van der Waals surface area (Å²) in [5.74, 6) is 0.160. The molecule has 0 aliphatic carbocycles. The van der Waals surface area contributed by atoms with Gasteiger partial charge in [-0.2, -0.15) is 0 Å². The average Bonchev–Trinajstić information content (AvgIpc) is 2.83. The molecule has 5 heteroatoms. The Kier molecular flexibility index (Phi) is 4.74. The molecule has 0 radical (unpaired) electrons. The molecular formula is C15H16NO3S-. The Morgan fingerprint density at radius 1 is 1.35 bits per heavy atom. The van der Waals surface area contributed by atoms with Crippen molar-refractivity contribution >= 4 is 17.3 Å². The summed E-state index contributed by atoms with van der Waals surface area (Å²) in [6.45, 7) is 4.63. The zero-order valence-electron chi connectivity index (χ0n) is 11.5. The molecule has 0 saturated heterocycles. The highest BCUT2D eigenvalue weighted by molar-refractivity contribution is 7.09. The van der Waals surface area contributed by atoms with Crippen LogP contribution in [0.2, 0.25) is 0 Å². The second-order valence-corrected chi connectivity index (χ2v) is 5.74. The zero-order chi connectivity index (χ0) is 14.5. The summed E-state index contributed by atoms with van der Waals surface area (Å²) in [4.78, 5) is 14.7. The molecule has 1 aromatic heterocycles. The van der Waals surface area contributed by atoms with Crippen LogP contribution in [-0.4, -0.2) is 11.0 Å². The molecule has 0 saturated carbocycles. The van der Waals surface area contributed by atoms with Gasteiger partial charge in [-0.3, -0.25) is 0 Å². The Hall–Kier alpha value is -1.88. The van der Waals surface area contributed by atoms with Gasteiger partial charge in [-0.25, -0.2) is 4.98 Å². The van der Waals surface area contributed by atoms with Crippen LogP contribution in [0.1, 0.15) is 36.0 Å². The maximum atomic E-state index is 10.5. The first kappa shape index (κ1) is 14.5. The molecule has 0 fully saturated rings. The monoisotopic (exact) mass is 290 g/mol. The Bertz CT molecular complexity index is 575. The number of benzene rings is 1. The average molecular weight is 290 g/mol. The van der Waals surface area contributed by atoms with E-state index in [-0.39, 0.29) is 6.42 Å². The molecule has 0 atom stereocenters. The fourth-order valence-electron chi connectivity index (χ4n) is 1.74. The van der Waals surface area contributed by atoms with Crippen LogP contribution in [0.3, 0.4) is 0 Å². The van der Waals surface area contributed by atoms with Gasteiger partial charge in [0.05, 0.1) is 5.69 Å². The van der Waals surface area contributed by atoms with Crippen molar-refractivity contribution < 1.29 is 14.6 Å². The molecule has 1 aromatic carbocycles. The van der Waals surface area contributed by atoms with Crippen molar-refractivity contribution in [1.82, 2.24) is 4.98 Å². The highest BCUT2D eigenvalue weighted by atomic mass is 32.1. The Balaban J connectivity index is 1.91. The fraction of sp³-hybridized carbons (Fsp3) is 0.333. The quantitative estimate of drug-likeness (QED) is 0.817. The van der Waals surface area contributed by atoms with Gasteiger partial charge in [0.1, 0.15) is 17.4 Å². The number of nitrogens with zero attached hydrogens (tertiary/aromatic N) is 1. The predicted octanol–water partition coefficient (Wildman–Crippen LogP) is 2.14. The van der Waals surface area contributed by atoms with Crippen LogP contribution < -0.4 is 9.84 Å². The molecule has 0 amide bonds. The maximum absolute atomic E-state index is 10.5. The number of carboxylic acid groups (broad SMARTS) is 1. The minimum Gasteiger partial charge on any atom is -0.550 e. The lowest BCUT2D eigenvalue weighted by Crippen LogP contribution is -2.24. The summed E-state index contributed by atoms with van der Waals surface area (Å²) in [5.41, 5.74) is 1.78. The lowest BCUT2D eigenvalue weighted by atomic mass is 10.0. The molecule has 0 aliphatic rings. The van der Waals surface area contributed by atoms with E-state index in [0.717, 1.165) is 10.8 Å². The molecule has 20 heavy (non-hydrogen) atoms. The van der Waals surface area contributed by atoms with Crippen molar-refractivity contribution in [2.75, 3.05) is 0 Å². The molecule has 106 valence electrons. The third-order valence-corrected chi connectivity index (χ3v) is 3.70. The van der Waals surface area contributed by atoms with Crippen LogP contribution in [0, 0.1) is 0 Å². The molecule has 0 spiro atoms. The van der Waals surface area contributed by atoms with Crippen LogP contribution >= 0.6 is 11.3 Å². The van der Waals surface area contributed by atoms with Gasteiger partial charge in [0.15, 0.2) is 0 Å². The van der Waals surface area contributed by atoms with Gasteiger partial charge in [0.2, 0.25) is 0 Å². The van der Waals surface area contributed by atoms with E-state index in [9.17, 15) is 9.90 Å². The largest absolute Gasteiger partial charge is 0.550 e. The first-order valence-electron chi connectivity index (χ1n) is 6.40. The van der Waals surface area contributed by atoms with E-state index < -0.39 is 5.97 Å². The summed E-state index contributed by atoms with van der Waals surface area (Å²) < 4.78 is 5.63. The summed E-state index contributed by atoms with van der Waals surface area (Å²) >= 11 is 1.39. The van der Waals surface area contributed by atoms with E-state index in [4.69, 9.17) is 4.74 Å². The molecule has 1 heterocycles. The number of carbonyl (C=O) groups excluding carboxylic acids is 1. The van der Waals surface area contributed by atoms with Gasteiger partial charge in [-0.15, -0.1) is 11.3 Å². The zero-order valence-corrected chi connectivity index (χ0v) is 12.3. The predicted molar refractivity (Wildman–Crippen MR) is 75.7 cm³/mol. The third kappa shape index (κ3) is 4.06. The SMILES string of the molecule is CC(C)c1ccc(OCc2nc(CC(=O)[O-])cs2)cc1. The minimum atomic E-state index is -1.12. The van der Waals surface area contributed by atoms with Gasteiger partial charge < -0.3 is 14.6 Å². The van der Waals surface area contributed by atoms with Crippen molar-refractivity contribution in [1.29, 1.82) is 0 Å². The normalized spacial score (nSPS) is 10.8. The molecule has 0 unspecified atom stereocenters. The van der Waals surface area contributed by atoms with E-state index in [0.29, 0.717) is 18.2 Å². The molecule has 2 rings (SSSR count). The topological polar surface area (TPSA) is 62.2 Å². The van der Waals surface area contributed by atoms with E-state index in [1.54, 1.807) is 5.38 Å². The number of hydrogen-bond donors (Lipinski definition) is 0. The molecule has 0 bridgehead atoms. The number of carboxylic acids is 1. The summed E-state index contributed by atoms with van der Waals surface area (Å²) in [5, 5.41) is 12.9. The van der Waals surface area contributed by atoms with Crippen molar-refractivity contribution in [3.63, 3.8) is 0 Å². The van der Waals surface area contributed by atoms with Crippen LogP contribution in [0.5, 0.6) is 5.75 Å². The standard InChI is InChI=1S/C15H17NO3S/c1-10(2)11-3-5-13(6-4-11)19-8-14-16-12(9-20-14)7-15(17)18/h3-6,9-10H,7-8H2,1-2H3,(H,17,18)/p-1. The summed E-state index contributed by atoms with van der Waals surface area (Å²) in [7, 11) is 0. The van der Waals surface area contributed by atoms with E-state index in [1.807, 2.05) is 24.3 Å². The van der Waals surface area contributed by atoms with E-state index >= 15 is 0 Å². The highest BCUT2D eigenvalue weighted by Gasteiger charge is 2.04. The smallest absolute Gasteiger partial charge is 0.140 e. The Morgan fingerprint density at radius 3 is 2.65 bits per heavy atom. The molecular weight excluding hydrogens is 274 g/mol. The van der Waals surface area contributed by atoms with Gasteiger partial charge in [-0.05, 0) is 23.6 Å². The third-order valence-electron chi connectivity index (χ3n) is 2.83. The molecule has 0 aliphatic heterocycles. The first-order valence-corrected chi connectivity index (χ1v) is 7.28. The fourth-order valence-corrected chi connectivity index (χ4v) is 2.44. The number of hydrogen-bond acceptors (Lipinski definition) is 5. The van der Waals surface area contributed by atoms with Crippen LogP contribution in [0.15, 0.2) is 29.6 Å². The minimum absolute atomic E-state index is 0.153. The lowest BCUT2D eigenvalue weighted by Gasteiger charge is -2.07. The number of aromatic nitrogens is 1. The molecule has 4 nitrogen and oxygen atoms in total. The van der Waals surface area contributed by atoms with Crippen LogP contribution in [0.25, 0.3) is 0 Å². The van der Waals surface area contributed by atoms with Crippen molar-refractivity contribution in [2.45, 2.75) is 32.8 Å². The first-order chi connectivity index (χ1) is 9.54. The number of rotatable bonds is 6. The van der Waals surface area contributed by atoms with Crippen LogP contribution in [-0.2, 0) is 17.8 Å². The number of ether oxygens (including phenoxy) is 1. The molecule has 2 aromatic rings. The van der Waals surface area contributed by atoms with Crippen LogP contribution in [0.4, 0.5) is 0 Å². The number of carbonyl (C=O) groups is 1. The molecule has 0 N–H and O–H groups in total. The van der Waals surface area contributed by atoms with Crippen molar-refractivity contribution in [3.05, 3.63) is 45.9 Å². The van der Waals surface area contributed by atoms with Gasteiger partial charge in [-0.1, -0.05) is 26.0 Å². The highest BCUT2D eigenvalue weighted by Crippen LogP contribution is 2.20. The van der Waals surface area contributed by atoms with Gasteiger partial charge in [0, 0.05) is 17.8 Å². The van der Waals surface area contributed by atoms with E-state index in [1.165, 1.54) is 16.9 Å². The Labute approximate surface area is 122 Å². The number of thiazole rings is 1. The lowest BCUT2D eigenvalue weighted by molar-refractivity contribution is -0.304. The van der Waals surface area contributed by atoms with Gasteiger partial charge in [0.25, 0.3) is 0 Å². The number of aliphatic carboxylic acids is 1. The second kappa shape index (κ2) is 6.52. The second-order valence-electron chi connectivity index (χ2n) is 4.79. The van der Waals surface area contributed by atoms with Crippen molar-refractivity contribution in [3.8, 4) is 5.75 Å². The maximum Gasteiger partial charge on any atom is 0.140 e.